The van der Waals surface area contributed by atoms with Crippen LogP contribution in [0, 0.1) is 17.5 Å². The Bertz CT molecular complexity index is 1430. The molecule has 2 N–H and O–H groups in total. The number of aliphatic carboxylic acids is 1. The molecule has 9 heteroatoms. The second-order valence-electron chi connectivity index (χ2n) is 9.35. The van der Waals surface area contributed by atoms with Crippen LogP contribution in [0.1, 0.15) is 62.6 Å². The molecule has 2 aromatic carbocycles. The van der Waals surface area contributed by atoms with Gasteiger partial charge in [-0.15, -0.1) is 0 Å². The van der Waals surface area contributed by atoms with E-state index in [9.17, 15) is 23.1 Å². The quantitative estimate of drug-likeness (QED) is 0.333. The first kappa shape index (κ1) is 22.4. The van der Waals surface area contributed by atoms with E-state index in [1.807, 2.05) is 13.8 Å². The summed E-state index contributed by atoms with van der Waals surface area (Å²) in [5, 5.41) is 16.7. The van der Waals surface area contributed by atoms with E-state index in [0.29, 0.717) is 33.2 Å². The number of rotatable bonds is 4. The van der Waals surface area contributed by atoms with Crippen LogP contribution in [-0.4, -0.2) is 31.5 Å². The molecule has 0 atom stereocenters. The summed E-state index contributed by atoms with van der Waals surface area (Å²) < 4.78 is 60.4. The third kappa shape index (κ3) is 3.28. The Labute approximate surface area is 192 Å². The molecule has 1 aliphatic rings. The number of aromatic amines is 1. The van der Waals surface area contributed by atoms with Gasteiger partial charge in [-0.1, -0.05) is 13.8 Å². The molecule has 0 bridgehead atoms. The van der Waals surface area contributed by atoms with Crippen LogP contribution < -0.4 is 0 Å². The summed E-state index contributed by atoms with van der Waals surface area (Å²) in [6.07, 6.45) is 1.56. The molecule has 2 heterocycles. The van der Waals surface area contributed by atoms with Crippen molar-refractivity contribution in [3.05, 3.63) is 59.2 Å². The smallest absolute Gasteiger partial charge is 0.341 e. The number of alkyl halides is 1. The normalized spacial score (nSPS) is 21.1. The van der Waals surface area contributed by atoms with Crippen molar-refractivity contribution in [2.75, 3.05) is 0 Å². The lowest BCUT2D eigenvalue weighted by Gasteiger charge is -2.32. The SMILES string of the molecule is CC(C)c1c(C2CCC(F)(C(=O)O)CC2)c2c(F)c3[nH]ncc3cc2n1-c1ccc(F)c(F)c1. The van der Waals surface area contributed by atoms with Gasteiger partial charge in [-0.3, -0.25) is 5.10 Å². The highest BCUT2D eigenvalue weighted by atomic mass is 19.2. The molecule has 0 unspecified atom stereocenters. The number of nitrogens with zero attached hydrogens (tertiary/aromatic N) is 2. The maximum absolute atomic E-state index is 15.9. The molecule has 1 aliphatic carbocycles. The van der Waals surface area contributed by atoms with Crippen LogP contribution in [0.15, 0.2) is 30.5 Å². The molecule has 5 nitrogen and oxygen atoms in total. The average Bonchev–Trinajstić information content (AvgIpc) is 3.39. The van der Waals surface area contributed by atoms with Crippen LogP contribution in [-0.2, 0) is 4.79 Å². The average molecular weight is 473 g/mol. The van der Waals surface area contributed by atoms with Crippen molar-refractivity contribution in [1.82, 2.24) is 14.8 Å². The van der Waals surface area contributed by atoms with Crippen LogP contribution in [0.25, 0.3) is 27.5 Å². The summed E-state index contributed by atoms with van der Waals surface area (Å²) in [5.74, 6) is -4.48. The molecular weight excluding hydrogens is 450 g/mol. The fourth-order valence-electron chi connectivity index (χ4n) is 5.31. The second-order valence-corrected chi connectivity index (χ2v) is 9.35. The van der Waals surface area contributed by atoms with E-state index in [1.165, 1.54) is 12.3 Å². The zero-order chi connectivity index (χ0) is 24.4. The summed E-state index contributed by atoms with van der Waals surface area (Å²) in [5.41, 5.74) is 0.0621. The molecule has 0 aliphatic heterocycles. The number of nitrogens with one attached hydrogen (secondary N) is 1. The van der Waals surface area contributed by atoms with Crippen molar-refractivity contribution < 1.29 is 27.5 Å². The van der Waals surface area contributed by atoms with E-state index >= 15 is 4.39 Å². The minimum atomic E-state index is -2.30. The molecule has 0 amide bonds. The molecule has 0 saturated heterocycles. The Morgan fingerprint density at radius 2 is 1.88 bits per heavy atom. The molecule has 5 rings (SSSR count). The number of carboxylic acid groups (broad SMARTS) is 1. The number of carboxylic acids is 1. The highest BCUT2D eigenvalue weighted by molar-refractivity contribution is 5.99. The van der Waals surface area contributed by atoms with Crippen molar-refractivity contribution in [2.45, 2.75) is 57.0 Å². The van der Waals surface area contributed by atoms with Gasteiger partial charge in [-0.05, 0) is 61.3 Å². The second kappa shape index (κ2) is 7.85. The first-order valence-corrected chi connectivity index (χ1v) is 11.2. The lowest BCUT2D eigenvalue weighted by molar-refractivity contribution is -0.153. The molecule has 1 fully saturated rings. The first-order chi connectivity index (χ1) is 16.1. The summed E-state index contributed by atoms with van der Waals surface area (Å²) in [6.45, 7) is 3.83. The van der Waals surface area contributed by atoms with Gasteiger partial charge in [-0.2, -0.15) is 5.10 Å². The van der Waals surface area contributed by atoms with Crippen LogP contribution >= 0.6 is 0 Å². The van der Waals surface area contributed by atoms with E-state index in [-0.39, 0.29) is 43.0 Å². The number of hydrogen-bond acceptors (Lipinski definition) is 2. The Morgan fingerprint density at radius 3 is 2.50 bits per heavy atom. The standard InChI is InChI=1S/C25H23F4N3O2/c1-12(2)23-19(13-5-7-25(29,8-6-13)24(33)34)20-18(9-14-11-30-31-22(14)21(20)28)32(23)15-3-4-16(26)17(27)10-15/h3-4,9-13H,5-8H2,1-2H3,(H,30,31)(H,33,34). The van der Waals surface area contributed by atoms with E-state index in [1.54, 1.807) is 10.6 Å². The van der Waals surface area contributed by atoms with Crippen LogP contribution in [0.4, 0.5) is 17.6 Å². The van der Waals surface area contributed by atoms with Gasteiger partial charge in [0, 0.05) is 28.2 Å². The van der Waals surface area contributed by atoms with Gasteiger partial charge in [0.1, 0.15) is 5.52 Å². The van der Waals surface area contributed by atoms with Gasteiger partial charge < -0.3 is 9.67 Å². The molecule has 1 saturated carbocycles. The number of fused-ring (bicyclic) bond motifs is 2. The lowest BCUT2D eigenvalue weighted by atomic mass is 9.75. The minimum absolute atomic E-state index is 0.150. The maximum atomic E-state index is 15.9. The van der Waals surface area contributed by atoms with Crippen molar-refractivity contribution >= 4 is 27.8 Å². The minimum Gasteiger partial charge on any atom is -0.479 e. The molecule has 34 heavy (non-hydrogen) atoms. The summed E-state index contributed by atoms with van der Waals surface area (Å²) in [7, 11) is 0. The topological polar surface area (TPSA) is 70.9 Å². The van der Waals surface area contributed by atoms with Gasteiger partial charge in [0.2, 0.25) is 5.67 Å². The number of hydrogen-bond donors (Lipinski definition) is 2. The largest absolute Gasteiger partial charge is 0.479 e. The fourth-order valence-corrected chi connectivity index (χ4v) is 5.31. The number of halogens is 4. The molecule has 178 valence electrons. The van der Waals surface area contributed by atoms with Crippen LogP contribution in [0.3, 0.4) is 0 Å². The van der Waals surface area contributed by atoms with Crippen molar-refractivity contribution in [2.24, 2.45) is 0 Å². The molecule has 0 spiro atoms. The monoisotopic (exact) mass is 473 g/mol. The zero-order valence-electron chi connectivity index (χ0n) is 18.6. The highest BCUT2D eigenvalue weighted by Gasteiger charge is 2.44. The van der Waals surface area contributed by atoms with E-state index < -0.39 is 29.1 Å². The Morgan fingerprint density at radius 1 is 1.18 bits per heavy atom. The van der Waals surface area contributed by atoms with Gasteiger partial charge in [0.25, 0.3) is 0 Å². The van der Waals surface area contributed by atoms with E-state index in [0.717, 1.165) is 12.1 Å². The molecule has 4 aromatic rings. The van der Waals surface area contributed by atoms with Gasteiger partial charge in [0.05, 0.1) is 11.7 Å². The number of benzene rings is 2. The highest BCUT2D eigenvalue weighted by Crippen LogP contribution is 2.48. The van der Waals surface area contributed by atoms with Gasteiger partial charge >= 0.3 is 5.97 Å². The zero-order valence-corrected chi connectivity index (χ0v) is 18.6. The summed E-state index contributed by atoms with van der Waals surface area (Å²) in [4.78, 5) is 11.4. The van der Waals surface area contributed by atoms with Gasteiger partial charge in [0.15, 0.2) is 17.5 Å². The van der Waals surface area contributed by atoms with Crippen LogP contribution in [0.2, 0.25) is 0 Å². The van der Waals surface area contributed by atoms with E-state index in [2.05, 4.69) is 10.2 Å². The lowest BCUT2D eigenvalue weighted by Crippen LogP contribution is -2.37. The van der Waals surface area contributed by atoms with Crippen molar-refractivity contribution in [3.63, 3.8) is 0 Å². The molecule has 0 radical (unpaired) electrons. The predicted octanol–water partition coefficient (Wildman–Crippen LogP) is 6.50. The third-order valence-corrected chi connectivity index (χ3v) is 6.96. The number of H-pyrrole nitrogens is 1. The third-order valence-electron chi connectivity index (χ3n) is 6.96. The van der Waals surface area contributed by atoms with Crippen LogP contribution in [0.5, 0.6) is 0 Å². The number of carbonyl (C=O) groups is 1. The summed E-state index contributed by atoms with van der Waals surface area (Å²) in [6, 6.07) is 5.27. The predicted molar refractivity (Wildman–Crippen MR) is 120 cm³/mol. The Kier molecular flexibility index (Phi) is 5.18. The Hall–Kier alpha value is -3.36. The van der Waals surface area contributed by atoms with Crippen molar-refractivity contribution in [3.8, 4) is 5.69 Å². The molecular formula is C25H23F4N3O2. The van der Waals surface area contributed by atoms with E-state index in [4.69, 9.17) is 0 Å². The maximum Gasteiger partial charge on any atom is 0.341 e. The molecule has 2 aromatic heterocycles. The Balaban J connectivity index is 1.82. The summed E-state index contributed by atoms with van der Waals surface area (Å²) >= 11 is 0. The fraction of sp³-hybridized carbons (Fsp3) is 0.360. The van der Waals surface area contributed by atoms with Gasteiger partial charge in [-0.25, -0.2) is 22.4 Å². The number of aromatic nitrogens is 3. The van der Waals surface area contributed by atoms with Crippen molar-refractivity contribution in [1.29, 1.82) is 0 Å². The first-order valence-electron chi connectivity index (χ1n) is 11.2.